The van der Waals surface area contributed by atoms with Gasteiger partial charge in [0, 0.05) is 68.0 Å². The van der Waals surface area contributed by atoms with Crippen molar-refractivity contribution in [3.8, 4) is 0 Å². The Hall–Kier alpha value is -4.40. The fraction of sp³-hybridized carbons (Fsp3) is 0.375. The van der Waals surface area contributed by atoms with E-state index in [1.807, 2.05) is 19.2 Å². The fourth-order valence-corrected chi connectivity index (χ4v) is 5.14. The van der Waals surface area contributed by atoms with Crippen LogP contribution in [0.25, 0.3) is 5.70 Å². The number of benzene rings is 2. The highest BCUT2D eigenvalue weighted by atomic mass is 19.4. The predicted molar refractivity (Wildman–Crippen MR) is 173 cm³/mol. The number of hydrazine groups is 1. The number of nitrogens with one attached hydrogen (secondary N) is 2. The lowest BCUT2D eigenvalue weighted by Gasteiger charge is -2.36. The average molecular weight is 645 g/mol. The molecule has 248 valence electrons. The van der Waals surface area contributed by atoms with E-state index in [0.717, 1.165) is 49.7 Å². The van der Waals surface area contributed by atoms with Crippen LogP contribution < -0.4 is 32.1 Å². The molecule has 2 saturated heterocycles. The van der Waals surface area contributed by atoms with E-state index in [1.165, 1.54) is 6.07 Å². The van der Waals surface area contributed by atoms with Crippen LogP contribution in [0.3, 0.4) is 0 Å². The molecule has 2 fully saturated rings. The average Bonchev–Trinajstić information content (AvgIpc) is 3.06. The number of anilines is 4. The van der Waals surface area contributed by atoms with Crippen LogP contribution in [0.2, 0.25) is 0 Å². The van der Waals surface area contributed by atoms with Crippen molar-refractivity contribution in [2.45, 2.75) is 20.0 Å². The second-order valence-electron chi connectivity index (χ2n) is 11.0. The Morgan fingerprint density at radius 3 is 2.30 bits per heavy atom. The number of nitrogens with two attached hydrogens (primary N) is 2. The molecule has 10 nitrogen and oxygen atoms in total. The molecule has 2 aliphatic heterocycles. The highest BCUT2D eigenvalue weighted by Crippen LogP contribution is 2.37. The highest BCUT2D eigenvalue weighted by molar-refractivity contribution is 6.05. The number of pyridine rings is 1. The number of carbonyl (C=O) groups excluding carboxylic acids is 1. The summed E-state index contributed by atoms with van der Waals surface area (Å²) >= 11 is 0. The Balaban J connectivity index is 0.000000266. The summed E-state index contributed by atoms with van der Waals surface area (Å²) in [5.74, 6) is 3.30. The molecular formula is C32H40F4N8O2. The Morgan fingerprint density at radius 1 is 1.00 bits per heavy atom. The van der Waals surface area contributed by atoms with Crippen LogP contribution in [0.4, 0.5) is 40.3 Å². The van der Waals surface area contributed by atoms with Gasteiger partial charge in [-0.25, -0.2) is 4.39 Å². The molecule has 3 aromatic rings. The number of halogens is 4. The number of nitrogens with zero attached hydrogens (tertiary/aromatic N) is 4. The van der Waals surface area contributed by atoms with Gasteiger partial charge in [0.05, 0.1) is 42.0 Å². The standard InChI is InChI=1S/C21H25F4N5O.C11H15N3O/c1-3-29-6-8-30(9-7-29)18-11-14(10-16(19(18)22)21(23,24)25)20(31)27-15-5-4-13(2)17(12-15)28-26;1-9(12)10-6-11(8-13-7-10)14-2-4-15-5-3-14/h4-5,10-12,28H,3,6-9,26H2,1-2H3,(H,27,31);6-8H,1-5,12H2. The van der Waals surface area contributed by atoms with E-state index in [0.29, 0.717) is 49.3 Å². The van der Waals surface area contributed by atoms with Crippen LogP contribution in [-0.2, 0) is 10.9 Å². The van der Waals surface area contributed by atoms with E-state index in [2.05, 4.69) is 32.1 Å². The molecule has 1 aromatic heterocycles. The number of nitrogen functional groups attached to an aromatic ring is 1. The van der Waals surface area contributed by atoms with Crippen molar-refractivity contribution in [3.05, 3.63) is 83.4 Å². The number of carbonyl (C=O) groups is 1. The van der Waals surface area contributed by atoms with E-state index >= 15 is 0 Å². The van der Waals surface area contributed by atoms with E-state index in [4.69, 9.17) is 16.3 Å². The summed E-state index contributed by atoms with van der Waals surface area (Å²) in [4.78, 5) is 22.8. The monoisotopic (exact) mass is 644 g/mol. The number of ether oxygens (including phenoxy) is 1. The first kappa shape index (κ1) is 34.5. The maximum absolute atomic E-state index is 14.8. The summed E-state index contributed by atoms with van der Waals surface area (Å²) in [5.41, 5.74) is 10.4. The first-order chi connectivity index (χ1) is 21.9. The van der Waals surface area contributed by atoms with Gasteiger partial charge in [0.15, 0.2) is 5.82 Å². The molecule has 46 heavy (non-hydrogen) atoms. The van der Waals surface area contributed by atoms with Crippen LogP contribution >= 0.6 is 0 Å². The van der Waals surface area contributed by atoms with E-state index in [-0.39, 0.29) is 11.3 Å². The molecule has 0 radical (unpaired) electrons. The second-order valence-corrected chi connectivity index (χ2v) is 11.0. The summed E-state index contributed by atoms with van der Waals surface area (Å²) < 4.78 is 60.6. The zero-order valence-corrected chi connectivity index (χ0v) is 26.0. The zero-order valence-electron chi connectivity index (χ0n) is 26.0. The lowest BCUT2D eigenvalue weighted by molar-refractivity contribution is -0.139. The highest BCUT2D eigenvalue weighted by Gasteiger charge is 2.37. The van der Waals surface area contributed by atoms with E-state index in [1.54, 1.807) is 36.2 Å². The van der Waals surface area contributed by atoms with Gasteiger partial charge in [-0.15, -0.1) is 0 Å². The minimum atomic E-state index is -4.93. The van der Waals surface area contributed by atoms with Crippen molar-refractivity contribution >= 4 is 34.4 Å². The minimum Gasteiger partial charge on any atom is -0.399 e. The predicted octanol–water partition coefficient (Wildman–Crippen LogP) is 4.68. The number of piperazine rings is 1. The minimum absolute atomic E-state index is 0.219. The van der Waals surface area contributed by atoms with E-state index in [9.17, 15) is 22.4 Å². The van der Waals surface area contributed by atoms with Crippen molar-refractivity contribution in [1.29, 1.82) is 0 Å². The number of hydrogen-bond donors (Lipinski definition) is 4. The summed E-state index contributed by atoms with van der Waals surface area (Å²) in [6, 6.07) is 8.61. The molecule has 2 aliphatic rings. The van der Waals surface area contributed by atoms with Crippen molar-refractivity contribution in [2.75, 3.05) is 79.6 Å². The molecule has 0 spiro atoms. The van der Waals surface area contributed by atoms with Gasteiger partial charge in [-0.05, 0) is 49.4 Å². The first-order valence-electron chi connectivity index (χ1n) is 14.9. The summed E-state index contributed by atoms with van der Waals surface area (Å²) in [7, 11) is 0. The van der Waals surface area contributed by atoms with Gasteiger partial charge in [0.2, 0.25) is 0 Å². The van der Waals surface area contributed by atoms with Gasteiger partial charge in [0.25, 0.3) is 5.91 Å². The lowest BCUT2D eigenvalue weighted by atomic mass is 10.1. The SMILES string of the molecule is C=C(N)c1cncc(N2CCOCC2)c1.CCN1CCN(c2cc(C(=O)Nc3ccc(C)c(NN)c3)cc(C(F)(F)F)c2F)CC1. The summed E-state index contributed by atoms with van der Waals surface area (Å²) in [6.45, 7) is 13.6. The van der Waals surface area contributed by atoms with Crippen molar-refractivity contribution < 1.29 is 27.1 Å². The quantitative estimate of drug-likeness (QED) is 0.165. The Kier molecular flexibility index (Phi) is 11.4. The molecule has 0 atom stereocenters. The van der Waals surface area contributed by atoms with Crippen molar-refractivity contribution in [1.82, 2.24) is 9.88 Å². The normalized spacial score (nSPS) is 15.5. The Morgan fingerprint density at radius 2 is 1.70 bits per heavy atom. The lowest BCUT2D eigenvalue weighted by Crippen LogP contribution is -2.46. The van der Waals surface area contributed by atoms with Gasteiger partial charge in [-0.2, -0.15) is 13.2 Å². The number of rotatable bonds is 7. The fourth-order valence-electron chi connectivity index (χ4n) is 5.14. The maximum Gasteiger partial charge on any atom is 0.419 e. The molecule has 14 heteroatoms. The number of morpholine rings is 1. The molecule has 2 aromatic carbocycles. The smallest absolute Gasteiger partial charge is 0.399 e. The van der Waals surface area contributed by atoms with Gasteiger partial charge in [0.1, 0.15) is 0 Å². The van der Waals surface area contributed by atoms with Crippen LogP contribution in [0.5, 0.6) is 0 Å². The third-order valence-electron chi connectivity index (χ3n) is 7.90. The molecule has 1 amide bonds. The molecule has 0 unspecified atom stereocenters. The second kappa shape index (κ2) is 15.3. The summed E-state index contributed by atoms with van der Waals surface area (Å²) in [5, 5.41) is 2.55. The number of likely N-dealkylation sites (N-methyl/N-ethyl adjacent to an activating group) is 1. The number of amides is 1. The maximum atomic E-state index is 14.8. The van der Waals surface area contributed by atoms with Crippen LogP contribution in [0, 0.1) is 12.7 Å². The molecular weight excluding hydrogens is 604 g/mol. The first-order valence-corrected chi connectivity index (χ1v) is 14.9. The van der Waals surface area contributed by atoms with Crippen molar-refractivity contribution in [2.24, 2.45) is 11.6 Å². The van der Waals surface area contributed by atoms with Crippen LogP contribution in [0.1, 0.15) is 34.0 Å². The Bertz CT molecular complexity index is 1520. The van der Waals surface area contributed by atoms with Gasteiger partial charge in [-0.3, -0.25) is 15.6 Å². The largest absolute Gasteiger partial charge is 0.419 e. The van der Waals surface area contributed by atoms with Crippen LogP contribution in [-0.4, -0.2) is 74.8 Å². The molecule has 5 rings (SSSR count). The van der Waals surface area contributed by atoms with E-state index < -0.39 is 23.5 Å². The van der Waals surface area contributed by atoms with Gasteiger partial charge < -0.3 is 35.9 Å². The van der Waals surface area contributed by atoms with Crippen LogP contribution in [0.15, 0.2) is 55.4 Å². The molecule has 6 N–H and O–H groups in total. The number of aryl methyl sites for hydroxylation is 1. The van der Waals surface area contributed by atoms with Crippen molar-refractivity contribution in [3.63, 3.8) is 0 Å². The molecule has 0 aliphatic carbocycles. The number of hydrogen-bond acceptors (Lipinski definition) is 9. The number of aromatic nitrogens is 1. The number of alkyl halides is 3. The zero-order chi connectivity index (χ0) is 33.4. The molecule has 3 heterocycles. The molecule has 0 saturated carbocycles. The van der Waals surface area contributed by atoms with Gasteiger partial charge in [-0.1, -0.05) is 19.6 Å². The third kappa shape index (κ3) is 8.65. The molecule has 0 bridgehead atoms. The topological polar surface area (TPSA) is 125 Å². The Labute approximate surface area is 266 Å². The third-order valence-corrected chi connectivity index (χ3v) is 7.90. The summed E-state index contributed by atoms with van der Waals surface area (Å²) in [6.07, 6.45) is -1.36. The van der Waals surface area contributed by atoms with Gasteiger partial charge >= 0.3 is 6.18 Å².